The van der Waals surface area contributed by atoms with Crippen LogP contribution >= 0.6 is 0 Å². The molecule has 0 saturated heterocycles. The highest BCUT2D eigenvalue weighted by Gasteiger charge is 2.13. The number of rotatable bonds is 1. The van der Waals surface area contributed by atoms with Crippen LogP contribution in [0, 0.1) is 13.8 Å². The average molecular weight is 202 g/mol. The summed E-state index contributed by atoms with van der Waals surface area (Å²) in [4.78, 5) is 0. The number of aliphatic hydroxyl groups excluding tert-OH is 1. The topological polar surface area (TPSA) is 20.2 Å². The molecule has 0 spiro atoms. The third-order valence-electron chi connectivity index (χ3n) is 3.29. The summed E-state index contributed by atoms with van der Waals surface area (Å²) < 4.78 is 0. The van der Waals surface area contributed by atoms with Gasteiger partial charge in [0.2, 0.25) is 0 Å². The summed E-state index contributed by atoms with van der Waals surface area (Å²) in [7, 11) is 0. The van der Waals surface area contributed by atoms with Crippen molar-refractivity contribution >= 4 is 5.57 Å². The van der Waals surface area contributed by atoms with E-state index in [0.717, 1.165) is 19.3 Å². The standard InChI is InChI=1S/C14H18O/c1-10-5-3-8-14(11(10)2)12-6-4-7-13(15)9-12/h3,5,8-9,13,15H,4,6-7H2,1-2H3. The van der Waals surface area contributed by atoms with Gasteiger partial charge < -0.3 is 5.11 Å². The van der Waals surface area contributed by atoms with Gasteiger partial charge in [-0.05, 0) is 55.4 Å². The molecule has 1 atom stereocenters. The lowest BCUT2D eigenvalue weighted by Gasteiger charge is -2.19. The lowest BCUT2D eigenvalue weighted by atomic mass is 9.89. The molecule has 0 fully saturated rings. The maximum atomic E-state index is 9.62. The van der Waals surface area contributed by atoms with Crippen LogP contribution in [0.2, 0.25) is 0 Å². The molecule has 0 aromatic heterocycles. The lowest BCUT2D eigenvalue weighted by molar-refractivity contribution is 0.206. The van der Waals surface area contributed by atoms with Gasteiger partial charge in [0.1, 0.15) is 0 Å². The van der Waals surface area contributed by atoms with Crippen molar-refractivity contribution in [2.45, 2.75) is 39.2 Å². The largest absolute Gasteiger partial charge is 0.389 e. The summed E-state index contributed by atoms with van der Waals surface area (Å²) in [5.41, 5.74) is 5.30. The quantitative estimate of drug-likeness (QED) is 0.741. The van der Waals surface area contributed by atoms with Gasteiger partial charge in [-0.1, -0.05) is 24.3 Å². The van der Waals surface area contributed by atoms with Gasteiger partial charge in [-0.2, -0.15) is 0 Å². The molecule has 1 aromatic rings. The van der Waals surface area contributed by atoms with Gasteiger partial charge in [-0.25, -0.2) is 0 Å². The second kappa shape index (κ2) is 4.19. The van der Waals surface area contributed by atoms with E-state index in [-0.39, 0.29) is 6.10 Å². The number of aliphatic hydroxyl groups is 1. The Labute approximate surface area is 91.4 Å². The number of allylic oxidation sites excluding steroid dienone is 1. The van der Waals surface area contributed by atoms with E-state index in [1.165, 1.54) is 22.3 Å². The van der Waals surface area contributed by atoms with Crippen molar-refractivity contribution in [1.29, 1.82) is 0 Å². The molecule has 0 heterocycles. The maximum Gasteiger partial charge on any atom is 0.0726 e. The molecule has 0 radical (unpaired) electrons. The Balaban J connectivity index is 2.41. The Morgan fingerprint density at radius 2 is 2.07 bits per heavy atom. The molecule has 1 unspecified atom stereocenters. The van der Waals surface area contributed by atoms with Gasteiger partial charge in [0.25, 0.3) is 0 Å². The molecule has 0 amide bonds. The van der Waals surface area contributed by atoms with E-state index in [1.54, 1.807) is 0 Å². The van der Waals surface area contributed by atoms with Crippen molar-refractivity contribution in [3.8, 4) is 0 Å². The third-order valence-corrected chi connectivity index (χ3v) is 3.29. The van der Waals surface area contributed by atoms with E-state index < -0.39 is 0 Å². The smallest absolute Gasteiger partial charge is 0.0726 e. The van der Waals surface area contributed by atoms with Crippen LogP contribution in [0.3, 0.4) is 0 Å². The fourth-order valence-corrected chi connectivity index (χ4v) is 2.22. The van der Waals surface area contributed by atoms with Crippen molar-refractivity contribution in [2.24, 2.45) is 0 Å². The zero-order chi connectivity index (χ0) is 10.8. The second-order valence-electron chi connectivity index (χ2n) is 4.40. The van der Waals surface area contributed by atoms with Crippen LogP contribution in [-0.2, 0) is 0 Å². The van der Waals surface area contributed by atoms with E-state index in [9.17, 15) is 5.11 Å². The summed E-state index contributed by atoms with van der Waals surface area (Å²) in [5, 5.41) is 9.62. The number of hydrogen-bond donors (Lipinski definition) is 1. The van der Waals surface area contributed by atoms with Crippen LogP contribution in [0.15, 0.2) is 24.3 Å². The predicted molar refractivity (Wildman–Crippen MR) is 63.8 cm³/mol. The molecular weight excluding hydrogens is 184 g/mol. The first kappa shape index (κ1) is 10.4. The summed E-state index contributed by atoms with van der Waals surface area (Å²) in [6, 6.07) is 6.39. The van der Waals surface area contributed by atoms with Crippen molar-refractivity contribution in [3.05, 3.63) is 41.0 Å². The molecule has 1 nitrogen and oxygen atoms in total. The van der Waals surface area contributed by atoms with E-state index in [0.29, 0.717) is 0 Å². The minimum atomic E-state index is -0.242. The maximum absolute atomic E-state index is 9.62. The van der Waals surface area contributed by atoms with Gasteiger partial charge in [-0.15, -0.1) is 0 Å². The minimum Gasteiger partial charge on any atom is -0.389 e. The molecule has 80 valence electrons. The van der Waals surface area contributed by atoms with E-state index in [4.69, 9.17) is 0 Å². The second-order valence-corrected chi connectivity index (χ2v) is 4.40. The minimum absolute atomic E-state index is 0.242. The normalized spacial score (nSPS) is 21.3. The predicted octanol–water partition coefficient (Wildman–Crippen LogP) is 3.23. The molecule has 1 N–H and O–H groups in total. The molecule has 2 rings (SSSR count). The Kier molecular flexibility index (Phi) is 2.92. The van der Waals surface area contributed by atoms with E-state index in [2.05, 4.69) is 32.0 Å². The van der Waals surface area contributed by atoms with Crippen LogP contribution in [0.4, 0.5) is 0 Å². The fraction of sp³-hybridized carbons (Fsp3) is 0.429. The molecule has 1 aliphatic rings. The van der Waals surface area contributed by atoms with E-state index >= 15 is 0 Å². The molecule has 1 heteroatoms. The molecule has 0 aliphatic heterocycles. The molecule has 1 aliphatic carbocycles. The Hall–Kier alpha value is -1.08. The zero-order valence-corrected chi connectivity index (χ0v) is 9.46. The van der Waals surface area contributed by atoms with Crippen LogP contribution in [0.25, 0.3) is 5.57 Å². The summed E-state index contributed by atoms with van der Waals surface area (Å²) in [6.07, 6.45) is 4.88. The number of aryl methyl sites for hydroxylation is 1. The first-order chi connectivity index (χ1) is 7.18. The number of hydrogen-bond acceptors (Lipinski definition) is 1. The first-order valence-corrected chi connectivity index (χ1v) is 5.64. The molecule has 0 bridgehead atoms. The first-order valence-electron chi connectivity index (χ1n) is 5.64. The van der Waals surface area contributed by atoms with Crippen molar-refractivity contribution in [1.82, 2.24) is 0 Å². The van der Waals surface area contributed by atoms with Gasteiger partial charge >= 0.3 is 0 Å². The summed E-state index contributed by atoms with van der Waals surface area (Å²) >= 11 is 0. The Morgan fingerprint density at radius 1 is 1.27 bits per heavy atom. The highest BCUT2D eigenvalue weighted by atomic mass is 16.3. The van der Waals surface area contributed by atoms with Crippen molar-refractivity contribution in [3.63, 3.8) is 0 Å². The van der Waals surface area contributed by atoms with Crippen molar-refractivity contribution in [2.75, 3.05) is 0 Å². The van der Waals surface area contributed by atoms with Gasteiger partial charge in [0.15, 0.2) is 0 Å². The Morgan fingerprint density at radius 3 is 2.80 bits per heavy atom. The summed E-state index contributed by atoms with van der Waals surface area (Å²) in [5.74, 6) is 0. The van der Waals surface area contributed by atoms with Gasteiger partial charge in [-0.3, -0.25) is 0 Å². The monoisotopic (exact) mass is 202 g/mol. The Bertz CT molecular complexity index is 390. The lowest BCUT2D eigenvalue weighted by Crippen LogP contribution is -2.09. The summed E-state index contributed by atoms with van der Waals surface area (Å²) in [6.45, 7) is 4.30. The molecule has 1 aromatic carbocycles. The highest BCUT2D eigenvalue weighted by molar-refractivity contribution is 5.70. The highest BCUT2D eigenvalue weighted by Crippen LogP contribution is 2.29. The zero-order valence-electron chi connectivity index (χ0n) is 9.46. The van der Waals surface area contributed by atoms with Crippen LogP contribution in [-0.4, -0.2) is 11.2 Å². The molecule has 0 saturated carbocycles. The van der Waals surface area contributed by atoms with Crippen LogP contribution < -0.4 is 0 Å². The average Bonchev–Trinajstić information content (AvgIpc) is 2.22. The van der Waals surface area contributed by atoms with E-state index in [1.807, 2.05) is 6.08 Å². The third kappa shape index (κ3) is 2.13. The van der Waals surface area contributed by atoms with Gasteiger partial charge in [0, 0.05) is 0 Å². The van der Waals surface area contributed by atoms with Crippen LogP contribution in [0.5, 0.6) is 0 Å². The fourth-order valence-electron chi connectivity index (χ4n) is 2.22. The van der Waals surface area contributed by atoms with Crippen molar-refractivity contribution < 1.29 is 5.11 Å². The van der Waals surface area contributed by atoms with Crippen LogP contribution in [0.1, 0.15) is 36.0 Å². The molecular formula is C14H18O. The number of benzene rings is 1. The molecule has 15 heavy (non-hydrogen) atoms. The SMILES string of the molecule is Cc1cccc(C2=CC(O)CCC2)c1C. The van der Waals surface area contributed by atoms with Gasteiger partial charge in [0.05, 0.1) is 6.10 Å².